The second-order valence-corrected chi connectivity index (χ2v) is 6.99. The van der Waals surface area contributed by atoms with Gasteiger partial charge in [-0.25, -0.2) is 0 Å². The first-order valence-corrected chi connectivity index (χ1v) is 9.98. The van der Waals surface area contributed by atoms with Gasteiger partial charge in [-0.05, 0) is 60.7 Å². The van der Waals surface area contributed by atoms with Gasteiger partial charge in [-0.3, -0.25) is 20.1 Å². The zero-order valence-electron chi connectivity index (χ0n) is 17.2. The molecule has 0 bridgehead atoms. The van der Waals surface area contributed by atoms with Crippen LogP contribution in [-0.4, -0.2) is 14.9 Å². The highest BCUT2D eigenvalue weighted by Crippen LogP contribution is 2.25. The molecule has 0 spiro atoms. The maximum Gasteiger partial charge on any atom is 0.269 e. The summed E-state index contributed by atoms with van der Waals surface area (Å²) in [7, 11) is 0. The molecule has 0 N–H and O–H groups in total. The van der Waals surface area contributed by atoms with Crippen molar-refractivity contribution in [1.29, 1.82) is 0 Å². The number of non-ortho nitro benzene ring substituents is 1. The van der Waals surface area contributed by atoms with Crippen molar-refractivity contribution in [3.05, 3.63) is 119 Å². The molecule has 0 fully saturated rings. The van der Waals surface area contributed by atoms with E-state index in [-0.39, 0.29) is 5.69 Å². The van der Waals surface area contributed by atoms with Crippen molar-refractivity contribution in [2.45, 2.75) is 13.1 Å². The van der Waals surface area contributed by atoms with Crippen LogP contribution in [0, 0.1) is 10.1 Å². The average Bonchev–Trinajstić information content (AvgIpc) is 2.84. The van der Waals surface area contributed by atoms with Gasteiger partial charge in [-0.15, -0.1) is 0 Å². The lowest BCUT2D eigenvalue weighted by atomic mass is 10.2. The molecule has 2 heterocycles. The Balaban J connectivity index is 1.51. The van der Waals surface area contributed by atoms with Gasteiger partial charge in [0.2, 0.25) is 0 Å². The van der Waals surface area contributed by atoms with Crippen LogP contribution in [0.2, 0.25) is 0 Å². The predicted octanol–water partition coefficient (Wildman–Crippen LogP) is 6.01. The summed E-state index contributed by atoms with van der Waals surface area (Å²) in [5.41, 5.74) is 4.19. The van der Waals surface area contributed by atoms with Crippen LogP contribution in [0.5, 0.6) is 0 Å². The van der Waals surface area contributed by atoms with Crippen molar-refractivity contribution in [1.82, 2.24) is 9.97 Å². The van der Waals surface area contributed by atoms with Crippen LogP contribution in [0.4, 0.5) is 22.7 Å². The van der Waals surface area contributed by atoms with E-state index >= 15 is 0 Å². The molecular formula is C24H20N6O2. The minimum Gasteiger partial charge on any atom is -0.360 e. The lowest BCUT2D eigenvalue weighted by Crippen LogP contribution is -2.23. The van der Waals surface area contributed by atoms with Gasteiger partial charge in [-0.2, -0.15) is 10.2 Å². The van der Waals surface area contributed by atoms with E-state index in [1.807, 2.05) is 60.7 Å². The molecule has 0 unspecified atom stereocenters. The van der Waals surface area contributed by atoms with E-state index in [0.29, 0.717) is 24.5 Å². The molecule has 158 valence electrons. The van der Waals surface area contributed by atoms with Gasteiger partial charge >= 0.3 is 0 Å². The van der Waals surface area contributed by atoms with Crippen LogP contribution >= 0.6 is 0 Å². The van der Waals surface area contributed by atoms with E-state index in [0.717, 1.165) is 17.1 Å². The Morgan fingerprint density at radius 1 is 0.719 bits per heavy atom. The number of azo groups is 1. The quantitative estimate of drug-likeness (QED) is 0.196. The van der Waals surface area contributed by atoms with Crippen LogP contribution in [0.15, 0.2) is 108 Å². The molecule has 0 aliphatic rings. The molecule has 0 saturated heterocycles. The van der Waals surface area contributed by atoms with Crippen LogP contribution < -0.4 is 4.90 Å². The fourth-order valence-corrected chi connectivity index (χ4v) is 3.10. The number of hydrogen-bond donors (Lipinski definition) is 0. The molecule has 0 aliphatic heterocycles. The minimum absolute atomic E-state index is 0.0224. The number of nitro groups is 1. The first kappa shape index (κ1) is 20.8. The number of benzene rings is 2. The summed E-state index contributed by atoms with van der Waals surface area (Å²) in [5, 5.41) is 19.1. The lowest BCUT2D eigenvalue weighted by molar-refractivity contribution is -0.384. The molecule has 0 atom stereocenters. The van der Waals surface area contributed by atoms with E-state index in [9.17, 15) is 10.1 Å². The van der Waals surface area contributed by atoms with Crippen molar-refractivity contribution in [2.24, 2.45) is 10.2 Å². The molecule has 32 heavy (non-hydrogen) atoms. The van der Waals surface area contributed by atoms with Crippen molar-refractivity contribution in [2.75, 3.05) is 4.90 Å². The second-order valence-electron chi connectivity index (χ2n) is 6.99. The van der Waals surface area contributed by atoms with Gasteiger partial charge in [0.25, 0.3) is 5.69 Å². The smallest absolute Gasteiger partial charge is 0.269 e. The molecule has 8 heteroatoms. The van der Waals surface area contributed by atoms with Crippen LogP contribution in [-0.2, 0) is 13.1 Å². The Labute approximate surface area is 185 Å². The zero-order valence-corrected chi connectivity index (χ0v) is 17.2. The summed E-state index contributed by atoms with van der Waals surface area (Å²) in [4.78, 5) is 21.4. The van der Waals surface area contributed by atoms with Crippen LogP contribution in [0.1, 0.15) is 11.4 Å². The lowest BCUT2D eigenvalue weighted by Gasteiger charge is -2.24. The third kappa shape index (κ3) is 5.57. The summed E-state index contributed by atoms with van der Waals surface area (Å²) >= 11 is 0. The number of anilines is 1. The van der Waals surface area contributed by atoms with E-state index in [4.69, 9.17) is 0 Å². The standard InChI is InChI=1S/C24H20N6O2/c31-30(32)24-13-9-20(10-14-24)28-27-19-7-11-23(12-8-19)29(17-21-5-1-3-15-25-21)18-22-6-2-4-16-26-22/h1-16H,17-18H2. The molecule has 0 saturated carbocycles. The van der Waals surface area contributed by atoms with E-state index < -0.39 is 4.92 Å². The Morgan fingerprint density at radius 3 is 1.66 bits per heavy atom. The fourth-order valence-electron chi connectivity index (χ4n) is 3.10. The maximum absolute atomic E-state index is 10.7. The maximum atomic E-state index is 10.7. The third-order valence-corrected chi connectivity index (χ3v) is 4.71. The minimum atomic E-state index is -0.443. The molecular weight excluding hydrogens is 404 g/mol. The molecule has 0 radical (unpaired) electrons. The zero-order chi connectivity index (χ0) is 22.2. The molecule has 4 rings (SSSR count). The average molecular weight is 424 g/mol. The van der Waals surface area contributed by atoms with Crippen molar-refractivity contribution >= 4 is 22.7 Å². The van der Waals surface area contributed by atoms with Gasteiger partial charge in [-0.1, -0.05) is 12.1 Å². The molecule has 0 amide bonds. The highest BCUT2D eigenvalue weighted by atomic mass is 16.6. The summed E-state index contributed by atoms with van der Waals surface area (Å²) < 4.78 is 0. The number of pyridine rings is 2. The van der Waals surface area contributed by atoms with Gasteiger partial charge in [0, 0.05) is 30.2 Å². The third-order valence-electron chi connectivity index (χ3n) is 4.71. The number of rotatable bonds is 8. The molecule has 8 nitrogen and oxygen atoms in total. The Morgan fingerprint density at radius 2 is 1.22 bits per heavy atom. The van der Waals surface area contributed by atoms with E-state index in [1.165, 1.54) is 12.1 Å². The van der Waals surface area contributed by atoms with Crippen LogP contribution in [0.3, 0.4) is 0 Å². The molecule has 0 aliphatic carbocycles. The number of nitrogens with zero attached hydrogens (tertiary/aromatic N) is 6. The number of aromatic nitrogens is 2. The van der Waals surface area contributed by atoms with Gasteiger partial charge in [0.15, 0.2) is 0 Å². The monoisotopic (exact) mass is 424 g/mol. The van der Waals surface area contributed by atoms with Gasteiger partial charge < -0.3 is 4.90 Å². The number of hydrogen-bond acceptors (Lipinski definition) is 7. The molecule has 2 aromatic carbocycles. The molecule has 2 aromatic heterocycles. The van der Waals surface area contributed by atoms with Gasteiger partial charge in [0.1, 0.15) is 0 Å². The van der Waals surface area contributed by atoms with E-state index in [2.05, 4.69) is 25.1 Å². The first-order valence-electron chi connectivity index (χ1n) is 9.98. The Kier molecular flexibility index (Phi) is 6.52. The molecule has 4 aromatic rings. The normalized spacial score (nSPS) is 10.9. The van der Waals surface area contributed by atoms with Crippen molar-refractivity contribution < 1.29 is 4.92 Å². The Bertz CT molecular complexity index is 1140. The highest BCUT2D eigenvalue weighted by molar-refractivity contribution is 5.53. The number of nitro benzene ring substituents is 1. The first-order chi connectivity index (χ1) is 15.7. The highest BCUT2D eigenvalue weighted by Gasteiger charge is 2.10. The van der Waals surface area contributed by atoms with Crippen LogP contribution in [0.25, 0.3) is 0 Å². The fraction of sp³-hybridized carbons (Fsp3) is 0.0833. The van der Waals surface area contributed by atoms with Gasteiger partial charge in [0.05, 0.1) is 40.8 Å². The summed E-state index contributed by atoms with van der Waals surface area (Å²) in [6.07, 6.45) is 3.58. The second kappa shape index (κ2) is 10.0. The Hall–Kier alpha value is -4.46. The largest absolute Gasteiger partial charge is 0.360 e. The summed E-state index contributed by atoms with van der Waals surface area (Å²) in [6, 6.07) is 25.4. The van der Waals surface area contributed by atoms with E-state index in [1.54, 1.807) is 24.5 Å². The topological polar surface area (TPSA) is 96.9 Å². The van der Waals surface area contributed by atoms with Crippen molar-refractivity contribution in [3.63, 3.8) is 0 Å². The SMILES string of the molecule is O=[N+]([O-])c1ccc(N=Nc2ccc(N(Cc3ccccn3)Cc3ccccn3)cc2)cc1. The summed E-state index contributed by atoms with van der Waals surface area (Å²) in [5.74, 6) is 0. The predicted molar refractivity (Wildman–Crippen MR) is 122 cm³/mol. The van der Waals surface area contributed by atoms with Crippen molar-refractivity contribution in [3.8, 4) is 0 Å². The summed E-state index contributed by atoms with van der Waals surface area (Å²) in [6.45, 7) is 1.28.